The van der Waals surface area contributed by atoms with E-state index in [1.807, 2.05) is 57.2 Å². The van der Waals surface area contributed by atoms with Gasteiger partial charge >= 0.3 is 12.2 Å². The summed E-state index contributed by atoms with van der Waals surface area (Å²) in [5.74, 6) is 0.392. The van der Waals surface area contributed by atoms with Crippen LogP contribution in [-0.2, 0) is 18.9 Å². The van der Waals surface area contributed by atoms with E-state index in [4.69, 9.17) is 30.5 Å². The SMILES string of the molecule is COC(=O)NCCOC(c1cccc(Cl)c1)c1cc(C(=O)NCC(CC2CCCOC2)N(C)C(=O)OC(C)(C)C)cc(C2CCCCC2)c1. The number of methoxy groups -OCH3 is 1. The summed E-state index contributed by atoms with van der Waals surface area (Å²) in [5, 5.41) is 6.38. The summed E-state index contributed by atoms with van der Waals surface area (Å²) in [6, 6.07) is 13.2. The number of nitrogens with zero attached hydrogens (tertiary/aromatic N) is 1. The van der Waals surface area contributed by atoms with E-state index in [0.29, 0.717) is 29.5 Å². The van der Waals surface area contributed by atoms with Crippen LogP contribution in [0.4, 0.5) is 9.59 Å². The Hall–Kier alpha value is -3.34. The highest BCUT2D eigenvalue weighted by atomic mass is 35.5. The average Bonchev–Trinajstić information content (AvgIpc) is 3.09. The van der Waals surface area contributed by atoms with Crippen molar-refractivity contribution < 1.29 is 33.3 Å². The van der Waals surface area contributed by atoms with E-state index in [2.05, 4.69) is 16.7 Å². The number of benzene rings is 2. The van der Waals surface area contributed by atoms with Gasteiger partial charge in [0.1, 0.15) is 11.7 Å². The lowest BCUT2D eigenvalue weighted by molar-refractivity contribution is 0.0112. The fourth-order valence-electron chi connectivity index (χ4n) is 6.64. The van der Waals surface area contributed by atoms with Crippen molar-refractivity contribution in [3.63, 3.8) is 0 Å². The summed E-state index contributed by atoms with van der Waals surface area (Å²) in [6.45, 7) is 7.65. The van der Waals surface area contributed by atoms with Crippen molar-refractivity contribution in [3.8, 4) is 0 Å². The number of carbonyl (C=O) groups excluding carboxylic acids is 3. The van der Waals surface area contributed by atoms with Gasteiger partial charge in [0.15, 0.2) is 0 Å². The minimum Gasteiger partial charge on any atom is -0.453 e. The highest BCUT2D eigenvalue weighted by molar-refractivity contribution is 6.30. The van der Waals surface area contributed by atoms with Crippen molar-refractivity contribution in [2.75, 3.05) is 47.1 Å². The topological polar surface area (TPSA) is 115 Å². The van der Waals surface area contributed by atoms with Crippen molar-refractivity contribution in [3.05, 3.63) is 69.7 Å². The molecule has 2 aromatic carbocycles. The molecule has 4 rings (SSSR count). The third-order valence-corrected chi connectivity index (χ3v) is 9.43. The molecule has 3 unspecified atom stereocenters. The molecule has 2 aliphatic rings. The molecule has 1 saturated heterocycles. The van der Waals surface area contributed by atoms with Crippen LogP contribution in [0.1, 0.15) is 111 Å². The molecule has 1 saturated carbocycles. The maximum Gasteiger partial charge on any atom is 0.410 e. The fraction of sp³-hybridized carbons (Fsp3) is 0.605. The normalized spacial score (nSPS) is 18.2. The number of nitrogens with one attached hydrogen (secondary N) is 2. The van der Waals surface area contributed by atoms with Gasteiger partial charge in [0.25, 0.3) is 5.91 Å². The molecule has 0 spiro atoms. The molecular weight excluding hydrogens is 646 g/mol. The van der Waals surface area contributed by atoms with Gasteiger partial charge in [0.05, 0.1) is 19.8 Å². The Morgan fingerprint density at radius 1 is 1.00 bits per heavy atom. The maximum atomic E-state index is 14.0. The number of hydrogen-bond acceptors (Lipinski definition) is 7. The van der Waals surface area contributed by atoms with Crippen molar-refractivity contribution in [2.45, 2.75) is 95.8 Å². The summed E-state index contributed by atoms with van der Waals surface area (Å²) >= 11 is 6.42. The molecule has 2 aromatic rings. The van der Waals surface area contributed by atoms with Crippen LogP contribution in [0.25, 0.3) is 0 Å². The van der Waals surface area contributed by atoms with Gasteiger partial charge in [-0.3, -0.25) is 4.79 Å². The summed E-state index contributed by atoms with van der Waals surface area (Å²) in [7, 11) is 3.05. The standard InChI is InChI=1S/C38H54ClN3O7/c1-38(2,3)49-37(45)42(4)33(19-26-11-10-17-47-25-26)24-41-35(43)31-21-29(27-12-7-6-8-13-27)20-30(22-31)34(28-14-9-15-32(39)23-28)48-18-16-40-36(44)46-5/h9,14-15,20-23,26-27,33-34H,6-8,10-13,16-19,24-25H2,1-5H3,(H,40,44)(H,41,43). The van der Waals surface area contributed by atoms with Crippen LogP contribution in [0.3, 0.4) is 0 Å². The predicted molar refractivity (Wildman–Crippen MR) is 190 cm³/mol. The Morgan fingerprint density at radius 3 is 2.45 bits per heavy atom. The van der Waals surface area contributed by atoms with Gasteiger partial charge in [0.2, 0.25) is 0 Å². The molecule has 1 heterocycles. The quantitative estimate of drug-likeness (QED) is 0.207. The highest BCUT2D eigenvalue weighted by Gasteiger charge is 2.30. The largest absolute Gasteiger partial charge is 0.453 e. The van der Waals surface area contributed by atoms with Crippen LogP contribution in [0.15, 0.2) is 42.5 Å². The molecule has 0 aromatic heterocycles. The smallest absolute Gasteiger partial charge is 0.410 e. The Kier molecular flexibility index (Phi) is 14.6. The van der Waals surface area contributed by atoms with Gasteiger partial charge in [-0.25, -0.2) is 9.59 Å². The third kappa shape index (κ3) is 12.2. The van der Waals surface area contributed by atoms with Gasteiger partial charge in [-0.1, -0.05) is 49.1 Å². The average molecular weight is 700 g/mol. The lowest BCUT2D eigenvalue weighted by atomic mass is 9.82. The number of likely N-dealkylation sites (N-methyl/N-ethyl adjacent to an activating group) is 1. The first-order valence-electron chi connectivity index (χ1n) is 17.6. The Labute approximate surface area is 296 Å². The van der Waals surface area contributed by atoms with Crippen LogP contribution >= 0.6 is 11.6 Å². The maximum absolute atomic E-state index is 14.0. The first kappa shape index (κ1) is 38.5. The minimum atomic E-state index is -0.639. The van der Waals surface area contributed by atoms with E-state index in [0.717, 1.165) is 61.8 Å². The zero-order chi connectivity index (χ0) is 35.4. The first-order valence-corrected chi connectivity index (χ1v) is 18.0. The molecule has 2 N–H and O–H groups in total. The lowest BCUT2D eigenvalue weighted by Gasteiger charge is -2.34. The molecule has 270 valence electrons. The van der Waals surface area contributed by atoms with Crippen LogP contribution in [0, 0.1) is 5.92 Å². The molecule has 3 amide bonds. The Bertz CT molecular complexity index is 1390. The van der Waals surface area contributed by atoms with Gasteiger partial charge < -0.3 is 34.5 Å². The number of rotatable bonds is 13. The van der Waals surface area contributed by atoms with E-state index >= 15 is 0 Å². The second kappa shape index (κ2) is 18.6. The number of carbonyl (C=O) groups is 3. The molecule has 49 heavy (non-hydrogen) atoms. The van der Waals surface area contributed by atoms with E-state index in [1.165, 1.54) is 13.5 Å². The number of alkyl carbamates (subject to hydrolysis) is 1. The second-order valence-electron chi connectivity index (χ2n) is 14.2. The molecule has 0 bridgehead atoms. The van der Waals surface area contributed by atoms with Crippen LogP contribution < -0.4 is 10.6 Å². The monoisotopic (exact) mass is 699 g/mol. The molecule has 11 heteroatoms. The summed E-state index contributed by atoms with van der Waals surface area (Å²) in [6.07, 6.45) is 6.81. The third-order valence-electron chi connectivity index (χ3n) is 9.20. The highest BCUT2D eigenvalue weighted by Crippen LogP contribution is 2.36. The lowest BCUT2D eigenvalue weighted by Crippen LogP contribution is -2.48. The zero-order valence-corrected chi connectivity index (χ0v) is 30.5. The van der Waals surface area contributed by atoms with E-state index in [-0.39, 0.29) is 37.6 Å². The number of hydrogen-bond donors (Lipinski definition) is 2. The zero-order valence-electron chi connectivity index (χ0n) is 29.7. The Balaban J connectivity index is 1.61. The Morgan fingerprint density at radius 2 is 1.78 bits per heavy atom. The molecule has 10 nitrogen and oxygen atoms in total. The molecular formula is C38H54ClN3O7. The van der Waals surface area contributed by atoms with Crippen molar-refractivity contribution in [2.24, 2.45) is 5.92 Å². The molecule has 1 aliphatic carbocycles. The minimum absolute atomic E-state index is 0.213. The summed E-state index contributed by atoms with van der Waals surface area (Å²) in [4.78, 5) is 40.4. The second-order valence-corrected chi connectivity index (χ2v) is 14.7. The van der Waals surface area contributed by atoms with Crippen LogP contribution in [0.5, 0.6) is 0 Å². The number of halogens is 1. The molecule has 0 radical (unpaired) electrons. The van der Waals surface area contributed by atoms with E-state index in [1.54, 1.807) is 11.9 Å². The fourth-order valence-corrected chi connectivity index (χ4v) is 6.84. The van der Waals surface area contributed by atoms with Crippen molar-refractivity contribution >= 4 is 29.7 Å². The molecule has 3 atom stereocenters. The van der Waals surface area contributed by atoms with Gasteiger partial charge in [-0.2, -0.15) is 0 Å². The van der Waals surface area contributed by atoms with Crippen LogP contribution in [0.2, 0.25) is 5.02 Å². The van der Waals surface area contributed by atoms with Crippen molar-refractivity contribution in [1.29, 1.82) is 0 Å². The predicted octanol–water partition coefficient (Wildman–Crippen LogP) is 7.63. The van der Waals surface area contributed by atoms with Crippen molar-refractivity contribution in [1.82, 2.24) is 15.5 Å². The molecule has 2 fully saturated rings. The first-order chi connectivity index (χ1) is 23.4. The summed E-state index contributed by atoms with van der Waals surface area (Å²) < 4.78 is 22.5. The molecule has 1 aliphatic heterocycles. The van der Waals surface area contributed by atoms with Crippen LogP contribution in [-0.4, -0.2) is 81.7 Å². The summed E-state index contributed by atoms with van der Waals surface area (Å²) in [5.41, 5.74) is 2.66. The van der Waals surface area contributed by atoms with E-state index < -0.39 is 23.9 Å². The van der Waals surface area contributed by atoms with Gasteiger partial charge in [-0.15, -0.1) is 0 Å². The van der Waals surface area contributed by atoms with E-state index in [9.17, 15) is 14.4 Å². The van der Waals surface area contributed by atoms with Gasteiger partial charge in [0, 0.05) is 43.9 Å². The van der Waals surface area contributed by atoms with Gasteiger partial charge in [-0.05, 0) is 106 Å². The number of ether oxygens (including phenoxy) is 4. The number of amides is 3.